The average molecular weight is 108 g/mol. The van der Waals surface area contributed by atoms with Crippen molar-refractivity contribution in [2.24, 2.45) is 0 Å². The van der Waals surface area contributed by atoms with Gasteiger partial charge in [0, 0.05) is 87.5 Å². The second-order valence-electron chi connectivity index (χ2n) is 0.316. The molecule has 22 valence electrons. The van der Waals surface area contributed by atoms with Crippen LogP contribution in [-0.2, 0) is 0 Å². The molecular formula is C2H6KNaO. The van der Waals surface area contributed by atoms with E-state index in [1.54, 1.807) is 6.92 Å². The Morgan fingerprint density at radius 1 is 1.60 bits per heavy atom. The summed E-state index contributed by atoms with van der Waals surface area (Å²) in [7, 11) is 0. The summed E-state index contributed by atoms with van der Waals surface area (Å²) >= 11 is 0. The summed E-state index contributed by atoms with van der Waals surface area (Å²) < 4.78 is 0. The maximum absolute atomic E-state index is 7.57. The van der Waals surface area contributed by atoms with Gasteiger partial charge in [0.15, 0.2) is 0 Å². The average Bonchev–Trinajstić information content (AvgIpc) is 0.918. The first-order chi connectivity index (χ1) is 1.41. The second kappa shape index (κ2) is 16.0. The zero-order valence-electron chi connectivity index (χ0n) is 4.15. The minimum Gasteiger partial charge on any atom is -0.397 e. The van der Waals surface area contributed by atoms with Crippen molar-refractivity contribution in [2.45, 2.75) is 6.92 Å². The number of aliphatic hydroxyl groups is 1. The maximum Gasteiger partial charge on any atom is 0.0402 e. The van der Waals surface area contributed by atoms with Crippen molar-refractivity contribution in [2.75, 3.05) is 6.61 Å². The predicted molar refractivity (Wildman–Crippen MR) is 24.3 cm³/mol. The van der Waals surface area contributed by atoms with Gasteiger partial charge in [0.1, 0.15) is 0 Å². The number of aliphatic hydroxyl groups excluding tert-OH is 1. The molecule has 0 bridgehead atoms. The summed E-state index contributed by atoms with van der Waals surface area (Å²) in [5.41, 5.74) is 0. The molecular weight excluding hydrogens is 102 g/mol. The van der Waals surface area contributed by atoms with Crippen LogP contribution in [0.5, 0.6) is 0 Å². The van der Waals surface area contributed by atoms with Gasteiger partial charge in [0.2, 0.25) is 0 Å². The predicted octanol–water partition coefficient (Wildman–Crippen LogP) is -0.763. The van der Waals surface area contributed by atoms with E-state index in [1.165, 1.54) is 0 Å². The van der Waals surface area contributed by atoms with Gasteiger partial charge in [0.05, 0.1) is 0 Å². The van der Waals surface area contributed by atoms with Crippen LogP contribution < -0.4 is 0 Å². The van der Waals surface area contributed by atoms with E-state index in [9.17, 15) is 0 Å². The van der Waals surface area contributed by atoms with E-state index in [-0.39, 0.29) is 87.5 Å². The molecule has 1 N–H and O–H groups in total. The van der Waals surface area contributed by atoms with E-state index in [0.717, 1.165) is 0 Å². The zero-order chi connectivity index (χ0) is 2.71. The molecule has 0 aromatic heterocycles. The van der Waals surface area contributed by atoms with Crippen LogP contribution in [0.15, 0.2) is 0 Å². The molecule has 0 aromatic rings. The third-order valence-electron chi connectivity index (χ3n) is 0. The molecule has 0 saturated heterocycles. The molecule has 3 heteroatoms. The second-order valence-corrected chi connectivity index (χ2v) is 0.316. The summed E-state index contributed by atoms with van der Waals surface area (Å²) in [5.74, 6) is 0. The normalized spacial score (nSPS) is 3.60. The van der Waals surface area contributed by atoms with E-state index in [2.05, 4.69) is 0 Å². The van der Waals surface area contributed by atoms with Gasteiger partial charge in [-0.1, -0.05) is 0 Å². The van der Waals surface area contributed by atoms with Gasteiger partial charge in [-0.15, -0.1) is 0 Å². The van der Waals surface area contributed by atoms with Crippen LogP contribution in [0, 0.1) is 0 Å². The van der Waals surface area contributed by atoms with Crippen molar-refractivity contribution in [3.05, 3.63) is 0 Å². The molecule has 0 amide bonds. The molecule has 2 radical (unpaired) electrons. The fraction of sp³-hybridized carbons (Fsp3) is 1.00. The van der Waals surface area contributed by atoms with Gasteiger partial charge >= 0.3 is 0 Å². The topological polar surface area (TPSA) is 20.2 Å². The van der Waals surface area contributed by atoms with E-state index in [0.29, 0.717) is 0 Å². The number of hydrogen-bond acceptors (Lipinski definition) is 1. The van der Waals surface area contributed by atoms with E-state index in [1.807, 2.05) is 0 Å². The van der Waals surface area contributed by atoms with Crippen LogP contribution >= 0.6 is 0 Å². The summed E-state index contributed by atoms with van der Waals surface area (Å²) in [6.07, 6.45) is 0. The van der Waals surface area contributed by atoms with Crippen molar-refractivity contribution in [3.8, 4) is 0 Å². The summed E-state index contributed by atoms with van der Waals surface area (Å²) in [6, 6.07) is 0. The SMILES string of the molecule is CCO.[K].[Na]. The standard InChI is InChI=1S/C2H6O.K.Na/c1-2-3;;/h3H,2H2,1H3;;. The van der Waals surface area contributed by atoms with Crippen molar-refractivity contribution in [1.29, 1.82) is 0 Å². The maximum atomic E-state index is 7.57. The largest absolute Gasteiger partial charge is 0.397 e. The molecule has 1 nitrogen and oxygen atoms in total. The Hall–Kier alpha value is 2.60. The van der Waals surface area contributed by atoms with Crippen LogP contribution in [0.1, 0.15) is 6.92 Å². The zero-order valence-corrected chi connectivity index (χ0v) is 9.28. The van der Waals surface area contributed by atoms with Crippen LogP contribution in [0.2, 0.25) is 0 Å². The molecule has 0 atom stereocenters. The third-order valence-corrected chi connectivity index (χ3v) is 0. The molecule has 0 heterocycles. The van der Waals surface area contributed by atoms with Crippen LogP contribution in [-0.4, -0.2) is 92.7 Å². The van der Waals surface area contributed by atoms with Gasteiger partial charge in [0.25, 0.3) is 0 Å². The fourth-order valence-corrected chi connectivity index (χ4v) is 0. The van der Waals surface area contributed by atoms with Gasteiger partial charge < -0.3 is 5.11 Å². The van der Waals surface area contributed by atoms with Gasteiger partial charge in [-0.2, -0.15) is 0 Å². The first-order valence-corrected chi connectivity index (χ1v) is 1.02. The van der Waals surface area contributed by atoms with Crippen LogP contribution in [0.25, 0.3) is 0 Å². The molecule has 0 aromatic carbocycles. The molecule has 0 fully saturated rings. The molecule has 0 spiro atoms. The Kier molecular flexibility index (Phi) is 50.0. The summed E-state index contributed by atoms with van der Waals surface area (Å²) in [6.45, 7) is 1.93. The third kappa shape index (κ3) is 20.7. The first-order valence-electron chi connectivity index (χ1n) is 1.02. The molecule has 0 aliphatic heterocycles. The number of rotatable bonds is 0. The Morgan fingerprint density at radius 3 is 1.60 bits per heavy atom. The Bertz CT molecular complexity index is 9.61. The molecule has 5 heavy (non-hydrogen) atoms. The monoisotopic (exact) mass is 108 g/mol. The Balaban J connectivity index is -0.0000000200. The first kappa shape index (κ1) is 15.6. The molecule has 0 rings (SSSR count). The van der Waals surface area contributed by atoms with Crippen molar-refractivity contribution in [3.63, 3.8) is 0 Å². The molecule has 0 unspecified atom stereocenters. The summed E-state index contributed by atoms with van der Waals surface area (Å²) in [4.78, 5) is 0. The molecule has 0 saturated carbocycles. The van der Waals surface area contributed by atoms with Gasteiger partial charge in [-0.3, -0.25) is 0 Å². The fourth-order valence-electron chi connectivity index (χ4n) is 0. The van der Waals surface area contributed by atoms with Crippen molar-refractivity contribution in [1.82, 2.24) is 0 Å². The molecule has 0 aliphatic carbocycles. The van der Waals surface area contributed by atoms with Crippen molar-refractivity contribution >= 4 is 80.9 Å². The summed E-state index contributed by atoms with van der Waals surface area (Å²) in [5, 5.41) is 7.57. The van der Waals surface area contributed by atoms with Gasteiger partial charge in [-0.25, -0.2) is 0 Å². The quantitative estimate of drug-likeness (QED) is 0.404. The smallest absolute Gasteiger partial charge is 0.0402 e. The van der Waals surface area contributed by atoms with E-state index in [4.69, 9.17) is 5.11 Å². The minimum atomic E-state index is 0. The minimum absolute atomic E-state index is 0. The van der Waals surface area contributed by atoms with Crippen LogP contribution in [0.4, 0.5) is 0 Å². The van der Waals surface area contributed by atoms with Crippen LogP contribution in [0.3, 0.4) is 0 Å². The van der Waals surface area contributed by atoms with E-state index >= 15 is 0 Å². The Labute approximate surface area is 97.2 Å². The Morgan fingerprint density at radius 2 is 1.60 bits per heavy atom. The molecule has 0 aliphatic rings. The number of hydrogen-bond donors (Lipinski definition) is 1. The van der Waals surface area contributed by atoms with Gasteiger partial charge in [-0.05, 0) is 6.92 Å². The van der Waals surface area contributed by atoms with E-state index < -0.39 is 0 Å². The van der Waals surface area contributed by atoms with Crippen molar-refractivity contribution < 1.29 is 5.11 Å².